The quantitative estimate of drug-likeness (QED) is 0.837. The molecule has 0 saturated heterocycles. The maximum atomic E-state index is 11.9. The van der Waals surface area contributed by atoms with Crippen LogP contribution < -0.4 is 11.3 Å². The lowest BCUT2D eigenvalue weighted by Crippen LogP contribution is -2.13. The Hall–Kier alpha value is -1.85. The number of hydrogen-bond donors (Lipinski definition) is 2. The monoisotopic (exact) mass is 235 g/mol. The van der Waals surface area contributed by atoms with Crippen molar-refractivity contribution in [3.05, 3.63) is 16.2 Å². The SMILES string of the molecule is CCCn1nc2nc(C(C)C)[nH]c(=O)c2c1N. The average Bonchev–Trinajstić information content (AvgIpc) is 2.56. The van der Waals surface area contributed by atoms with Gasteiger partial charge in [-0.05, 0) is 6.42 Å². The molecule has 0 aliphatic carbocycles. The maximum absolute atomic E-state index is 11.9. The molecule has 0 aromatic carbocycles. The highest BCUT2D eigenvalue weighted by atomic mass is 16.1. The number of nitrogens with two attached hydrogens (primary N) is 1. The van der Waals surface area contributed by atoms with Crippen molar-refractivity contribution >= 4 is 16.9 Å². The fourth-order valence-electron chi connectivity index (χ4n) is 1.73. The summed E-state index contributed by atoms with van der Waals surface area (Å²) in [6.45, 7) is 6.66. The lowest BCUT2D eigenvalue weighted by molar-refractivity contribution is 0.615. The number of nitrogen functional groups attached to an aromatic ring is 1. The van der Waals surface area contributed by atoms with Gasteiger partial charge in [0.2, 0.25) is 0 Å². The molecule has 0 spiro atoms. The third-order valence-corrected chi connectivity index (χ3v) is 2.65. The molecule has 2 heterocycles. The molecular weight excluding hydrogens is 218 g/mol. The number of aromatic amines is 1. The van der Waals surface area contributed by atoms with Gasteiger partial charge in [0.25, 0.3) is 5.56 Å². The van der Waals surface area contributed by atoms with Gasteiger partial charge in [-0.3, -0.25) is 4.79 Å². The molecule has 0 saturated carbocycles. The van der Waals surface area contributed by atoms with Gasteiger partial charge < -0.3 is 10.7 Å². The second kappa shape index (κ2) is 4.20. The molecule has 2 rings (SSSR count). The Morgan fingerprint density at radius 3 is 2.76 bits per heavy atom. The summed E-state index contributed by atoms with van der Waals surface area (Å²) in [5.41, 5.74) is 6.12. The highest BCUT2D eigenvalue weighted by Crippen LogP contribution is 2.17. The molecule has 6 heteroatoms. The number of anilines is 1. The predicted molar refractivity (Wildman–Crippen MR) is 66.9 cm³/mol. The van der Waals surface area contributed by atoms with Gasteiger partial charge in [0.1, 0.15) is 17.0 Å². The highest BCUT2D eigenvalue weighted by molar-refractivity contribution is 5.85. The number of aromatic nitrogens is 4. The standard InChI is InChI=1S/C11H17N5O/c1-4-5-16-8(12)7-10(15-16)13-9(6(2)3)14-11(7)17/h6H,4-5,12H2,1-3H3,(H,13,14,15,17). The Balaban J connectivity index is 2.69. The summed E-state index contributed by atoms with van der Waals surface area (Å²) in [5.74, 6) is 1.19. The molecule has 3 N–H and O–H groups in total. The number of hydrogen-bond acceptors (Lipinski definition) is 4. The van der Waals surface area contributed by atoms with Crippen molar-refractivity contribution in [2.75, 3.05) is 5.73 Å². The first-order chi connectivity index (χ1) is 8.04. The van der Waals surface area contributed by atoms with Gasteiger partial charge in [0.15, 0.2) is 5.65 Å². The number of H-pyrrole nitrogens is 1. The Morgan fingerprint density at radius 1 is 1.47 bits per heavy atom. The lowest BCUT2D eigenvalue weighted by Gasteiger charge is -2.02. The Bertz CT molecular complexity index is 596. The third-order valence-electron chi connectivity index (χ3n) is 2.65. The summed E-state index contributed by atoms with van der Waals surface area (Å²) >= 11 is 0. The van der Waals surface area contributed by atoms with Crippen LogP contribution >= 0.6 is 0 Å². The van der Waals surface area contributed by atoms with Crippen LogP contribution in [0.1, 0.15) is 38.9 Å². The Kier molecular flexibility index (Phi) is 2.87. The minimum absolute atomic E-state index is 0.157. The van der Waals surface area contributed by atoms with Gasteiger partial charge in [-0.15, -0.1) is 0 Å². The molecule has 0 aliphatic heterocycles. The van der Waals surface area contributed by atoms with E-state index in [1.807, 2.05) is 20.8 Å². The zero-order valence-corrected chi connectivity index (χ0v) is 10.3. The van der Waals surface area contributed by atoms with E-state index < -0.39 is 0 Å². The molecule has 2 aromatic rings. The predicted octanol–water partition coefficient (Wildman–Crippen LogP) is 1.24. The Morgan fingerprint density at radius 2 is 2.18 bits per heavy atom. The van der Waals surface area contributed by atoms with Crippen molar-refractivity contribution in [1.29, 1.82) is 0 Å². The van der Waals surface area contributed by atoms with E-state index in [9.17, 15) is 4.79 Å². The van der Waals surface area contributed by atoms with Crippen molar-refractivity contribution in [1.82, 2.24) is 19.7 Å². The largest absolute Gasteiger partial charge is 0.383 e. The van der Waals surface area contributed by atoms with Crippen molar-refractivity contribution < 1.29 is 0 Å². The van der Waals surface area contributed by atoms with Crippen molar-refractivity contribution in [2.24, 2.45) is 0 Å². The number of nitrogens with one attached hydrogen (secondary N) is 1. The van der Waals surface area contributed by atoms with Crippen LogP contribution in [-0.2, 0) is 6.54 Å². The second-order valence-electron chi connectivity index (χ2n) is 4.41. The van der Waals surface area contributed by atoms with Crippen LogP contribution in [0.25, 0.3) is 11.0 Å². The summed E-state index contributed by atoms with van der Waals surface area (Å²) in [7, 11) is 0. The third kappa shape index (κ3) is 1.90. The summed E-state index contributed by atoms with van der Waals surface area (Å²) in [4.78, 5) is 19.0. The van der Waals surface area contributed by atoms with Crippen molar-refractivity contribution in [3.8, 4) is 0 Å². The van der Waals surface area contributed by atoms with Crippen molar-refractivity contribution in [2.45, 2.75) is 39.7 Å². The molecule has 0 bridgehead atoms. The normalized spacial score (nSPS) is 11.5. The van der Waals surface area contributed by atoms with E-state index >= 15 is 0 Å². The van der Waals surface area contributed by atoms with Crippen LogP contribution in [0.5, 0.6) is 0 Å². The maximum Gasteiger partial charge on any atom is 0.264 e. The molecule has 0 atom stereocenters. The minimum Gasteiger partial charge on any atom is -0.383 e. The molecule has 6 nitrogen and oxygen atoms in total. The van der Waals surface area contributed by atoms with E-state index in [4.69, 9.17) is 5.73 Å². The molecule has 17 heavy (non-hydrogen) atoms. The fourth-order valence-corrected chi connectivity index (χ4v) is 1.73. The van der Waals surface area contributed by atoms with E-state index in [0.717, 1.165) is 6.42 Å². The first-order valence-electron chi connectivity index (χ1n) is 5.80. The number of aryl methyl sites for hydroxylation is 1. The van der Waals surface area contributed by atoms with Gasteiger partial charge in [0.05, 0.1) is 0 Å². The van der Waals surface area contributed by atoms with E-state index in [1.54, 1.807) is 4.68 Å². The van der Waals surface area contributed by atoms with Crippen LogP contribution in [0, 0.1) is 0 Å². The van der Waals surface area contributed by atoms with Crippen LogP contribution in [-0.4, -0.2) is 19.7 Å². The summed E-state index contributed by atoms with van der Waals surface area (Å²) in [5, 5.41) is 4.66. The number of nitrogens with zero attached hydrogens (tertiary/aromatic N) is 3. The van der Waals surface area contributed by atoms with E-state index in [-0.39, 0.29) is 11.5 Å². The average molecular weight is 235 g/mol. The van der Waals surface area contributed by atoms with Crippen molar-refractivity contribution in [3.63, 3.8) is 0 Å². The molecule has 2 aromatic heterocycles. The molecule has 92 valence electrons. The molecule has 0 fully saturated rings. The van der Waals surface area contributed by atoms with Gasteiger partial charge >= 0.3 is 0 Å². The summed E-state index contributed by atoms with van der Waals surface area (Å²) in [6.07, 6.45) is 0.910. The number of rotatable bonds is 3. The summed E-state index contributed by atoms with van der Waals surface area (Å²) < 4.78 is 1.64. The summed E-state index contributed by atoms with van der Waals surface area (Å²) in [6, 6.07) is 0. The van der Waals surface area contributed by atoms with Gasteiger partial charge in [-0.1, -0.05) is 20.8 Å². The van der Waals surface area contributed by atoms with E-state index in [0.29, 0.717) is 29.2 Å². The zero-order valence-electron chi connectivity index (χ0n) is 10.3. The number of fused-ring (bicyclic) bond motifs is 1. The smallest absolute Gasteiger partial charge is 0.264 e. The first-order valence-corrected chi connectivity index (χ1v) is 5.80. The highest BCUT2D eigenvalue weighted by Gasteiger charge is 2.15. The van der Waals surface area contributed by atoms with Crippen LogP contribution in [0.3, 0.4) is 0 Å². The van der Waals surface area contributed by atoms with Gasteiger partial charge in [-0.25, -0.2) is 9.67 Å². The molecule has 0 amide bonds. The zero-order chi connectivity index (χ0) is 12.6. The fraction of sp³-hybridized carbons (Fsp3) is 0.545. The minimum atomic E-state index is -0.210. The van der Waals surface area contributed by atoms with E-state index in [2.05, 4.69) is 15.1 Å². The Labute approximate surface area is 98.9 Å². The second-order valence-corrected chi connectivity index (χ2v) is 4.41. The van der Waals surface area contributed by atoms with Crippen LogP contribution in [0.2, 0.25) is 0 Å². The lowest BCUT2D eigenvalue weighted by atomic mass is 10.2. The molecule has 0 aliphatic rings. The van der Waals surface area contributed by atoms with Crippen LogP contribution in [0.4, 0.5) is 5.82 Å². The van der Waals surface area contributed by atoms with Crippen LogP contribution in [0.15, 0.2) is 4.79 Å². The molecule has 0 radical (unpaired) electrons. The van der Waals surface area contributed by atoms with Gasteiger partial charge in [0, 0.05) is 12.5 Å². The molecular formula is C11H17N5O. The topological polar surface area (TPSA) is 89.6 Å². The molecule has 0 unspecified atom stereocenters. The van der Waals surface area contributed by atoms with E-state index in [1.165, 1.54) is 0 Å². The first kappa shape index (κ1) is 11.6. The van der Waals surface area contributed by atoms with Gasteiger partial charge in [-0.2, -0.15) is 5.10 Å².